The second-order valence-electron chi connectivity index (χ2n) is 7.18. The molecular formula is C16H22BFN2O2. The minimum atomic E-state index is -0.540. The van der Waals surface area contributed by atoms with Gasteiger partial charge in [-0.25, -0.2) is 4.98 Å². The lowest BCUT2D eigenvalue weighted by atomic mass is 9.80. The van der Waals surface area contributed by atoms with Gasteiger partial charge in [-0.15, -0.1) is 0 Å². The Hall–Kier alpha value is -1.40. The van der Waals surface area contributed by atoms with Gasteiger partial charge < -0.3 is 13.9 Å². The van der Waals surface area contributed by atoms with Gasteiger partial charge in [0.1, 0.15) is 0 Å². The first-order chi connectivity index (χ1) is 10.1. The number of hydrogen-bond donors (Lipinski definition) is 0. The molecule has 2 aromatic rings. The van der Waals surface area contributed by atoms with Crippen molar-refractivity contribution in [2.75, 3.05) is 0 Å². The van der Waals surface area contributed by atoms with Crippen LogP contribution in [0.1, 0.15) is 47.6 Å². The van der Waals surface area contributed by atoms with Crippen LogP contribution in [0.4, 0.5) is 4.39 Å². The minimum absolute atomic E-state index is 0.242. The number of pyridine rings is 1. The zero-order valence-electron chi connectivity index (χ0n) is 14.0. The van der Waals surface area contributed by atoms with E-state index in [0.717, 1.165) is 11.0 Å². The average molecular weight is 304 g/mol. The Labute approximate surface area is 130 Å². The van der Waals surface area contributed by atoms with Crippen LogP contribution >= 0.6 is 0 Å². The van der Waals surface area contributed by atoms with E-state index in [1.165, 1.54) is 6.07 Å². The largest absolute Gasteiger partial charge is 0.498 e. The van der Waals surface area contributed by atoms with Crippen LogP contribution in [0.5, 0.6) is 0 Å². The number of aromatic nitrogens is 2. The lowest BCUT2D eigenvalue weighted by molar-refractivity contribution is 0.00578. The van der Waals surface area contributed by atoms with Crippen LogP contribution in [0, 0.1) is 5.95 Å². The molecule has 118 valence electrons. The van der Waals surface area contributed by atoms with Gasteiger partial charge in [-0.3, -0.25) is 0 Å². The van der Waals surface area contributed by atoms with Gasteiger partial charge in [0.2, 0.25) is 5.95 Å². The summed E-state index contributed by atoms with van der Waals surface area (Å²) in [6.07, 6.45) is 1.96. The normalized spacial score (nSPS) is 20.3. The maximum absolute atomic E-state index is 13.6. The summed E-state index contributed by atoms with van der Waals surface area (Å²) >= 11 is 0. The number of rotatable bonds is 2. The lowest BCUT2D eigenvalue weighted by Crippen LogP contribution is -2.41. The van der Waals surface area contributed by atoms with Crippen LogP contribution < -0.4 is 5.46 Å². The molecule has 6 heteroatoms. The van der Waals surface area contributed by atoms with E-state index in [4.69, 9.17) is 9.31 Å². The Kier molecular flexibility index (Phi) is 3.38. The van der Waals surface area contributed by atoms with Crippen LogP contribution in [-0.2, 0) is 9.31 Å². The molecule has 1 aliphatic rings. The van der Waals surface area contributed by atoms with Crippen molar-refractivity contribution in [3.05, 3.63) is 24.3 Å². The molecule has 0 amide bonds. The highest BCUT2D eigenvalue weighted by Gasteiger charge is 2.52. The molecule has 0 atom stereocenters. The Balaban J connectivity index is 2.14. The first kappa shape index (κ1) is 15.5. The predicted octanol–water partition coefficient (Wildman–Crippen LogP) is 3.06. The highest BCUT2D eigenvalue weighted by atomic mass is 19.1. The molecule has 0 aromatic carbocycles. The van der Waals surface area contributed by atoms with Crippen molar-refractivity contribution in [3.8, 4) is 0 Å². The molecule has 0 radical (unpaired) electrons. The fraction of sp³-hybridized carbons (Fsp3) is 0.562. The first-order valence-electron chi connectivity index (χ1n) is 7.65. The van der Waals surface area contributed by atoms with Gasteiger partial charge in [-0.2, -0.15) is 4.39 Å². The first-order valence-corrected chi connectivity index (χ1v) is 7.65. The molecule has 0 saturated carbocycles. The fourth-order valence-electron chi connectivity index (χ4n) is 2.70. The van der Waals surface area contributed by atoms with E-state index in [-0.39, 0.29) is 6.04 Å². The van der Waals surface area contributed by atoms with E-state index in [1.54, 1.807) is 6.07 Å². The zero-order chi connectivity index (χ0) is 16.3. The van der Waals surface area contributed by atoms with Crippen molar-refractivity contribution >= 4 is 23.6 Å². The molecule has 3 rings (SSSR count). The van der Waals surface area contributed by atoms with Crippen molar-refractivity contribution in [3.63, 3.8) is 0 Å². The summed E-state index contributed by atoms with van der Waals surface area (Å²) in [6.45, 7) is 12.2. The highest BCUT2D eigenvalue weighted by Crippen LogP contribution is 2.37. The van der Waals surface area contributed by atoms with Gasteiger partial charge in [0.15, 0.2) is 0 Å². The van der Waals surface area contributed by atoms with Gasteiger partial charge in [-0.05, 0) is 53.7 Å². The molecular weight excluding hydrogens is 282 g/mol. The third-order valence-electron chi connectivity index (χ3n) is 4.73. The molecule has 1 aliphatic heterocycles. The second kappa shape index (κ2) is 4.80. The molecule has 3 heterocycles. The van der Waals surface area contributed by atoms with E-state index in [2.05, 4.69) is 23.4 Å². The summed E-state index contributed by atoms with van der Waals surface area (Å²) in [5, 5.41) is 0. The van der Waals surface area contributed by atoms with Crippen LogP contribution in [0.3, 0.4) is 0 Å². The smallest absolute Gasteiger partial charge is 0.399 e. The number of halogens is 1. The molecule has 0 aliphatic carbocycles. The summed E-state index contributed by atoms with van der Waals surface area (Å²) < 4.78 is 27.9. The van der Waals surface area contributed by atoms with Crippen LogP contribution in [0.15, 0.2) is 18.3 Å². The van der Waals surface area contributed by atoms with Crippen molar-refractivity contribution in [1.29, 1.82) is 0 Å². The van der Waals surface area contributed by atoms with Crippen molar-refractivity contribution in [2.45, 2.75) is 58.8 Å². The predicted molar refractivity (Wildman–Crippen MR) is 85.8 cm³/mol. The fourth-order valence-corrected chi connectivity index (χ4v) is 2.70. The molecule has 0 unspecified atom stereocenters. The van der Waals surface area contributed by atoms with Crippen molar-refractivity contribution < 1.29 is 13.7 Å². The van der Waals surface area contributed by atoms with Crippen LogP contribution in [-0.4, -0.2) is 27.9 Å². The average Bonchev–Trinajstić information content (AvgIpc) is 2.84. The van der Waals surface area contributed by atoms with Gasteiger partial charge in [0.05, 0.1) is 22.2 Å². The third kappa shape index (κ3) is 2.25. The summed E-state index contributed by atoms with van der Waals surface area (Å²) in [5.74, 6) is -0.494. The molecule has 22 heavy (non-hydrogen) atoms. The van der Waals surface area contributed by atoms with E-state index in [0.29, 0.717) is 5.52 Å². The topological polar surface area (TPSA) is 36.3 Å². The summed E-state index contributed by atoms with van der Waals surface area (Å²) in [5.41, 5.74) is 1.41. The van der Waals surface area contributed by atoms with E-state index >= 15 is 0 Å². The molecule has 1 saturated heterocycles. The molecule has 1 fully saturated rings. The standard InChI is InChI=1S/C16H22BFN2O2/c1-10(2)20-9-11(14-12(20)7-8-13(18)19-14)17-21-15(3,4)16(5,6)22-17/h7-10H,1-6H3. The summed E-state index contributed by atoms with van der Waals surface area (Å²) in [4.78, 5) is 4.07. The van der Waals surface area contributed by atoms with Gasteiger partial charge >= 0.3 is 7.12 Å². The van der Waals surface area contributed by atoms with Gasteiger partial charge in [0.25, 0.3) is 0 Å². The molecule has 0 N–H and O–H groups in total. The Morgan fingerprint density at radius 3 is 2.27 bits per heavy atom. The maximum atomic E-state index is 13.6. The quantitative estimate of drug-likeness (QED) is 0.632. The molecule has 4 nitrogen and oxygen atoms in total. The monoisotopic (exact) mass is 304 g/mol. The number of nitrogens with zero attached hydrogens (tertiary/aromatic N) is 2. The SMILES string of the molecule is CC(C)n1cc(B2OC(C)(C)C(C)(C)O2)c2nc(F)ccc21. The van der Waals surface area contributed by atoms with Crippen molar-refractivity contribution in [1.82, 2.24) is 9.55 Å². The van der Waals surface area contributed by atoms with E-state index < -0.39 is 24.3 Å². The summed E-state index contributed by atoms with van der Waals surface area (Å²) in [6, 6.07) is 3.38. The van der Waals surface area contributed by atoms with Gasteiger partial charge in [0, 0.05) is 17.7 Å². The molecule has 0 bridgehead atoms. The third-order valence-corrected chi connectivity index (χ3v) is 4.73. The highest BCUT2D eigenvalue weighted by molar-refractivity contribution is 6.65. The van der Waals surface area contributed by atoms with E-state index in [1.807, 2.05) is 33.9 Å². The Bertz CT molecular complexity index is 708. The molecule has 2 aromatic heterocycles. The number of hydrogen-bond acceptors (Lipinski definition) is 3. The summed E-state index contributed by atoms with van der Waals surface area (Å²) in [7, 11) is -0.540. The number of fused-ring (bicyclic) bond motifs is 1. The van der Waals surface area contributed by atoms with Gasteiger partial charge in [-0.1, -0.05) is 0 Å². The van der Waals surface area contributed by atoms with Crippen LogP contribution in [0.25, 0.3) is 11.0 Å². The zero-order valence-corrected chi connectivity index (χ0v) is 14.0. The Morgan fingerprint density at radius 1 is 1.14 bits per heavy atom. The van der Waals surface area contributed by atoms with Crippen LogP contribution in [0.2, 0.25) is 0 Å². The lowest BCUT2D eigenvalue weighted by Gasteiger charge is -2.32. The van der Waals surface area contributed by atoms with Crippen molar-refractivity contribution in [2.24, 2.45) is 0 Å². The van der Waals surface area contributed by atoms with E-state index in [9.17, 15) is 4.39 Å². The second-order valence-corrected chi connectivity index (χ2v) is 7.18. The Morgan fingerprint density at radius 2 is 1.73 bits per heavy atom. The minimum Gasteiger partial charge on any atom is -0.399 e. The molecule has 0 spiro atoms. The maximum Gasteiger partial charge on any atom is 0.498 e.